The minimum Gasteiger partial charge on any atom is -0.508 e. The van der Waals surface area contributed by atoms with E-state index in [2.05, 4.69) is 5.32 Å². The van der Waals surface area contributed by atoms with Gasteiger partial charge in [-0.2, -0.15) is 0 Å². The van der Waals surface area contributed by atoms with Crippen LogP contribution in [0.2, 0.25) is 0 Å². The van der Waals surface area contributed by atoms with Crippen molar-refractivity contribution in [1.82, 2.24) is 4.57 Å². The van der Waals surface area contributed by atoms with Gasteiger partial charge in [0.15, 0.2) is 0 Å². The average Bonchev–Trinajstić information content (AvgIpc) is 3.44. The standard InChI is InChI=1S/C31H28N4O6S2/c1-33(2)19-8-4-17(5-9-19)24-25-26(29(39)35(28(25)38)20-10-14-22(41-3)15-11-20)42-30-27(24)43-31(40)34(30)16-23(37)32-18-6-12-21(36)13-7-18/h4-15,24-26,36H,16H2,1-3H3,(H,32,37)/t24-,25-,26+/m0/s1. The van der Waals surface area contributed by atoms with Gasteiger partial charge in [0.2, 0.25) is 17.7 Å². The van der Waals surface area contributed by atoms with Gasteiger partial charge in [0.05, 0.1) is 23.7 Å². The number of anilines is 3. The van der Waals surface area contributed by atoms with E-state index in [-0.39, 0.29) is 29.0 Å². The summed E-state index contributed by atoms with van der Waals surface area (Å²) in [4.78, 5) is 57.8. The molecule has 0 radical (unpaired) electrons. The Kier molecular flexibility index (Phi) is 7.49. The summed E-state index contributed by atoms with van der Waals surface area (Å²) in [6, 6.07) is 20.5. The van der Waals surface area contributed by atoms with E-state index in [1.165, 1.54) is 33.4 Å². The molecule has 3 atom stereocenters. The largest absolute Gasteiger partial charge is 0.508 e. The van der Waals surface area contributed by atoms with Gasteiger partial charge in [-0.1, -0.05) is 35.2 Å². The van der Waals surface area contributed by atoms with E-state index < -0.39 is 23.0 Å². The summed E-state index contributed by atoms with van der Waals surface area (Å²) in [5, 5.41) is 12.0. The number of carbonyl (C=O) groups excluding carboxylic acids is 3. The molecule has 2 aliphatic heterocycles. The number of amides is 3. The number of aromatic nitrogens is 1. The molecule has 6 rings (SSSR count). The molecule has 3 aromatic carbocycles. The van der Waals surface area contributed by atoms with Gasteiger partial charge in [0.25, 0.3) is 0 Å². The molecule has 10 nitrogen and oxygen atoms in total. The fourth-order valence-electron chi connectivity index (χ4n) is 5.47. The maximum Gasteiger partial charge on any atom is 0.308 e. The Morgan fingerprint density at radius 3 is 2.26 bits per heavy atom. The molecule has 1 saturated heterocycles. The fourth-order valence-corrected chi connectivity index (χ4v) is 8.24. The number of nitrogens with zero attached hydrogens (tertiary/aromatic N) is 3. The second-order valence-electron chi connectivity index (χ2n) is 10.5. The molecule has 0 bridgehead atoms. The number of nitrogens with one attached hydrogen (secondary N) is 1. The lowest BCUT2D eigenvalue weighted by Gasteiger charge is -2.31. The van der Waals surface area contributed by atoms with Crippen LogP contribution in [0, 0.1) is 5.92 Å². The van der Waals surface area contributed by atoms with E-state index in [9.17, 15) is 24.3 Å². The van der Waals surface area contributed by atoms with Crippen LogP contribution in [0.3, 0.4) is 0 Å². The van der Waals surface area contributed by atoms with E-state index in [1.807, 2.05) is 43.3 Å². The molecule has 1 aromatic heterocycles. The van der Waals surface area contributed by atoms with Gasteiger partial charge in [-0.15, -0.1) is 0 Å². The summed E-state index contributed by atoms with van der Waals surface area (Å²) >= 11 is 2.16. The Balaban J connectivity index is 1.40. The van der Waals surface area contributed by atoms with Crippen LogP contribution in [0.15, 0.2) is 82.6 Å². The fraction of sp³-hybridized carbons (Fsp3) is 0.226. The smallest absolute Gasteiger partial charge is 0.308 e. The first-order valence-electron chi connectivity index (χ1n) is 13.4. The first-order valence-corrected chi connectivity index (χ1v) is 15.1. The highest BCUT2D eigenvalue weighted by atomic mass is 32.2. The first-order chi connectivity index (χ1) is 20.7. The number of fused-ring (bicyclic) bond motifs is 2. The second-order valence-corrected chi connectivity index (χ2v) is 12.6. The molecule has 3 amide bonds. The minimum absolute atomic E-state index is 0.0659. The van der Waals surface area contributed by atoms with Crippen LogP contribution in [0.25, 0.3) is 0 Å². The van der Waals surface area contributed by atoms with Crippen molar-refractivity contribution in [3.63, 3.8) is 0 Å². The quantitative estimate of drug-likeness (QED) is 0.235. The molecule has 3 heterocycles. The van der Waals surface area contributed by atoms with Gasteiger partial charge in [0, 0.05) is 36.3 Å². The predicted octanol–water partition coefficient (Wildman–Crippen LogP) is 4.12. The van der Waals surface area contributed by atoms with Crippen LogP contribution < -0.4 is 24.7 Å². The van der Waals surface area contributed by atoms with E-state index in [1.54, 1.807) is 43.5 Å². The predicted molar refractivity (Wildman–Crippen MR) is 167 cm³/mol. The lowest BCUT2D eigenvalue weighted by atomic mass is 9.83. The normalized spacial score (nSPS) is 19.1. The van der Waals surface area contributed by atoms with Gasteiger partial charge in [-0.3, -0.25) is 23.7 Å². The number of phenolic OH excluding ortho intramolecular Hbond substituents is 1. The van der Waals surface area contributed by atoms with Crippen LogP contribution in [0.1, 0.15) is 16.4 Å². The summed E-state index contributed by atoms with van der Waals surface area (Å²) in [7, 11) is 5.41. The summed E-state index contributed by atoms with van der Waals surface area (Å²) in [5.41, 5.74) is 2.69. The summed E-state index contributed by atoms with van der Waals surface area (Å²) in [5.74, 6) is -1.77. The lowest BCUT2D eigenvalue weighted by Crippen LogP contribution is -2.33. The Bertz CT molecular complexity index is 1760. The molecular weight excluding hydrogens is 588 g/mol. The minimum atomic E-state index is -0.791. The monoisotopic (exact) mass is 616 g/mol. The van der Waals surface area contributed by atoms with Crippen LogP contribution in [-0.2, 0) is 20.9 Å². The number of carbonyl (C=O) groups is 3. The zero-order valence-corrected chi connectivity index (χ0v) is 25.1. The topological polar surface area (TPSA) is 121 Å². The molecule has 0 aliphatic carbocycles. The lowest BCUT2D eigenvalue weighted by molar-refractivity contribution is -0.122. The molecule has 0 saturated carbocycles. The number of aromatic hydroxyl groups is 1. The van der Waals surface area contributed by atoms with Gasteiger partial charge in [-0.05, 0) is 66.2 Å². The Labute approximate surface area is 255 Å². The number of hydrogen-bond donors (Lipinski definition) is 2. The van der Waals surface area contributed by atoms with Crippen LogP contribution in [0.5, 0.6) is 11.5 Å². The Morgan fingerprint density at radius 1 is 0.953 bits per heavy atom. The number of methoxy groups -OCH3 is 1. The molecule has 43 heavy (non-hydrogen) atoms. The number of ether oxygens (including phenoxy) is 1. The summed E-state index contributed by atoms with van der Waals surface area (Å²) in [6.07, 6.45) is 0. The number of rotatable bonds is 7. The van der Waals surface area contributed by atoms with Crippen molar-refractivity contribution >= 4 is 57.9 Å². The van der Waals surface area contributed by atoms with Crippen molar-refractivity contribution < 1.29 is 24.2 Å². The molecule has 0 spiro atoms. The molecule has 4 aromatic rings. The third-order valence-corrected chi connectivity index (χ3v) is 10.2. The molecule has 12 heteroatoms. The third-order valence-electron chi connectivity index (χ3n) is 7.60. The van der Waals surface area contributed by atoms with Crippen LogP contribution in [-0.4, -0.2) is 53.9 Å². The summed E-state index contributed by atoms with van der Waals surface area (Å²) in [6.45, 7) is -0.271. The van der Waals surface area contributed by atoms with Crippen LogP contribution in [0.4, 0.5) is 17.1 Å². The van der Waals surface area contributed by atoms with E-state index >= 15 is 0 Å². The number of phenols is 1. The van der Waals surface area contributed by atoms with E-state index in [0.29, 0.717) is 27.0 Å². The van der Waals surface area contributed by atoms with Gasteiger partial charge < -0.3 is 20.1 Å². The SMILES string of the molecule is COc1ccc(N2C(=O)[C@H]3[C@H](c4ccc(N(C)C)cc4)c4sc(=O)n(CC(=O)Nc5ccc(O)cc5)c4S[C@H]3C2=O)cc1. The van der Waals surface area contributed by atoms with Crippen molar-refractivity contribution in [2.24, 2.45) is 5.92 Å². The average molecular weight is 617 g/mol. The highest BCUT2D eigenvalue weighted by Crippen LogP contribution is 2.54. The number of thiazole rings is 1. The molecule has 220 valence electrons. The van der Waals surface area contributed by atoms with Crippen molar-refractivity contribution in [1.29, 1.82) is 0 Å². The maximum atomic E-state index is 14.1. The molecular formula is C31H28N4O6S2. The van der Waals surface area contributed by atoms with Crippen molar-refractivity contribution in [3.05, 3.63) is 92.9 Å². The molecule has 2 aliphatic rings. The van der Waals surface area contributed by atoms with Gasteiger partial charge >= 0.3 is 4.87 Å². The molecule has 0 unspecified atom stereocenters. The van der Waals surface area contributed by atoms with Gasteiger partial charge in [0.1, 0.15) is 23.3 Å². The Morgan fingerprint density at radius 2 is 1.63 bits per heavy atom. The summed E-state index contributed by atoms with van der Waals surface area (Å²) < 4.78 is 6.62. The molecule has 2 N–H and O–H groups in total. The first kappa shape index (κ1) is 28.6. The van der Waals surface area contributed by atoms with E-state index in [0.717, 1.165) is 22.6 Å². The van der Waals surface area contributed by atoms with E-state index in [4.69, 9.17) is 4.74 Å². The zero-order chi connectivity index (χ0) is 30.4. The highest BCUT2D eigenvalue weighted by molar-refractivity contribution is 8.00. The van der Waals surface area contributed by atoms with Crippen molar-refractivity contribution in [3.8, 4) is 11.5 Å². The highest BCUT2D eigenvalue weighted by Gasteiger charge is 2.56. The van der Waals surface area contributed by atoms with Crippen molar-refractivity contribution in [2.75, 3.05) is 36.3 Å². The number of benzene rings is 3. The number of thioether (sulfide) groups is 1. The molecule has 1 fully saturated rings. The Hall–Kier alpha value is -4.55. The van der Waals surface area contributed by atoms with Crippen molar-refractivity contribution in [2.45, 2.75) is 22.7 Å². The maximum absolute atomic E-state index is 14.1. The zero-order valence-electron chi connectivity index (χ0n) is 23.5. The second kappa shape index (κ2) is 11.3. The van der Waals surface area contributed by atoms with Crippen LogP contribution >= 0.6 is 23.1 Å². The number of imide groups is 1. The third kappa shape index (κ3) is 5.17. The number of hydrogen-bond acceptors (Lipinski definition) is 9. The van der Waals surface area contributed by atoms with Gasteiger partial charge in [-0.25, -0.2) is 4.90 Å².